The summed E-state index contributed by atoms with van der Waals surface area (Å²) in [5.41, 5.74) is 14.1. The number of aryl methyl sites for hydroxylation is 3. The normalized spacial score (nSPS) is 16.4. The van der Waals surface area contributed by atoms with Gasteiger partial charge in [-0.2, -0.15) is 0 Å². The maximum atomic E-state index is 12.1. The molecule has 0 aliphatic carbocycles. The zero-order valence-corrected chi connectivity index (χ0v) is 27.6. The van der Waals surface area contributed by atoms with Crippen molar-refractivity contribution in [1.82, 2.24) is 19.9 Å². The van der Waals surface area contributed by atoms with Gasteiger partial charge in [0.1, 0.15) is 0 Å². The summed E-state index contributed by atoms with van der Waals surface area (Å²) in [6.07, 6.45) is 4.01. The first-order chi connectivity index (χ1) is 18.7. The van der Waals surface area contributed by atoms with Crippen LogP contribution in [0.5, 0.6) is 0 Å². The molecule has 2 aliphatic heterocycles. The molecule has 7 nitrogen and oxygen atoms in total. The molecule has 3 N–H and O–H groups in total. The SMILES string of the molecule is CCc1c(C)c2cc3[nH]c(cc4nc(c(C)c5nc(cc1[nH]2)C(C)=C5)C(CCC(=O)OC)C4C)c(C)c3CO.[Zn]. The molecular formula is C32H38N4O3Zn. The zero-order valence-electron chi connectivity index (χ0n) is 24.7. The summed E-state index contributed by atoms with van der Waals surface area (Å²) in [6, 6.07) is 6.33. The molecule has 5 rings (SSSR count). The first-order valence-electron chi connectivity index (χ1n) is 13.8. The number of esters is 1. The van der Waals surface area contributed by atoms with E-state index in [-0.39, 0.29) is 43.9 Å². The Hall–Kier alpha value is -3.09. The molecule has 0 spiro atoms. The summed E-state index contributed by atoms with van der Waals surface area (Å²) in [5.74, 6) is -0.0479. The fraction of sp³-hybridized carbons (Fsp3) is 0.406. The number of carbonyl (C=O) groups excluding carboxylic acids is 1. The van der Waals surface area contributed by atoms with Gasteiger partial charge in [0.2, 0.25) is 0 Å². The first kappa shape index (κ1) is 29.9. The van der Waals surface area contributed by atoms with E-state index in [9.17, 15) is 9.90 Å². The van der Waals surface area contributed by atoms with Crippen molar-refractivity contribution in [1.29, 1.82) is 0 Å². The second-order valence-electron chi connectivity index (χ2n) is 10.8. The minimum atomic E-state index is -0.214. The third-order valence-corrected chi connectivity index (χ3v) is 8.60. The third kappa shape index (κ3) is 5.20. The van der Waals surface area contributed by atoms with Crippen LogP contribution in [0.4, 0.5) is 0 Å². The molecule has 8 heteroatoms. The molecule has 5 heterocycles. The number of nitrogens with one attached hydrogen (secondary N) is 2. The third-order valence-electron chi connectivity index (χ3n) is 8.60. The van der Waals surface area contributed by atoms with Crippen molar-refractivity contribution in [2.24, 2.45) is 0 Å². The van der Waals surface area contributed by atoms with Gasteiger partial charge in [-0.25, -0.2) is 4.98 Å². The summed E-state index contributed by atoms with van der Waals surface area (Å²) in [4.78, 5) is 29.4. The molecule has 3 aromatic rings. The van der Waals surface area contributed by atoms with E-state index in [2.05, 4.69) is 68.9 Å². The summed E-state index contributed by atoms with van der Waals surface area (Å²) >= 11 is 0. The van der Waals surface area contributed by atoms with E-state index in [4.69, 9.17) is 14.7 Å². The number of aromatic amines is 2. The molecule has 206 valence electrons. The molecule has 8 bridgehead atoms. The van der Waals surface area contributed by atoms with Gasteiger partial charge in [0.15, 0.2) is 0 Å². The van der Waals surface area contributed by atoms with E-state index in [1.54, 1.807) is 0 Å². The van der Waals surface area contributed by atoms with Crippen LogP contribution in [-0.4, -0.2) is 38.1 Å². The number of hydrogen-bond donors (Lipinski definition) is 3. The van der Waals surface area contributed by atoms with E-state index in [0.29, 0.717) is 12.8 Å². The van der Waals surface area contributed by atoms with Crippen molar-refractivity contribution in [3.63, 3.8) is 0 Å². The molecule has 40 heavy (non-hydrogen) atoms. The Kier molecular flexibility index (Phi) is 8.81. The standard InChI is InChI=1S/C32H38N4O3.Zn/c1-8-21-17(3)27-14-30-23(15-37)19(5)26(35-30)13-28-18(4)22(9-10-31(38)39-7)32(36-28)20(6)25-11-16(2)24(33-25)12-29(21)34-27;/h11-14,18,22,34-35,37H,8-10,15H2,1-7H3;. The number of rotatable bonds is 5. The van der Waals surface area contributed by atoms with Gasteiger partial charge >= 0.3 is 5.97 Å². The number of aliphatic hydroxyl groups excluding tert-OH is 1. The number of methoxy groups -OCH3 is 1. The number of carbonyl (C=O) groups is 1. The first-order valence-corrected chi connectivity index (χ1v) is 13.8. The van der Waals surface area contributed by atoms with Crippen LogP contribution >= 0.6 is 0 Å². The van der Waals surface area contributed by atoms with Crippen molar-refractivity contribution < 1.29 is 34.1 Å². The van der Waals surface area contributed by atoms with Crippen molar-refractivity contribution in [2.45, 2.75) is 79.2 Å². The Bertz CT molecular complexity index is 1660. The maximum Gasteiger partial charge on any atom is 0.305 e. The summed E-state index contributed by atoms with van der Waals surface area (Å²) < 4.78 is 4.94. The van der Waals surface area contributed by atoms with Crippen molar-refractivity contribution in [2.75, 3.05) is 7.11 Å². The molecule has 0 radical (unpaired) electrons. The fourth-order valence-corrected chi connectivity index (χ4v) is 6.03. The summed E-state index contributed by atoms with van der Waals surface area (Å²) in [5, 5.41) is 10.3. The van der Waals surface area contributed by atoms with Gasteiger partial charge in [0, 0.05) is 76.8 Å². The van der Waals surface area contributed by atoms with Crippen LogP contribution in [0.25, 0.3) is 33.7 Å². The predicted octanol–water partition coefficient (Wildman–Crippen LogP) is 6.69. The Morgan fingerprint density at radius 1 is 0.950 bits per heavy atom. The van der Waals surface area contributed by atoms with Gasteiger partial charge in [-0.05, 0) is 92.6 Å². The van der Waals surface area contributed by atoms with Crippen molar-refractivity contribution in [3.8, 4) is 0 Å². The van der Waals surface area contributed by atoms with Crippen molar-refractivity contribution >= 4 is 39.7 Å². The molecule has 3 aromatic heterocycles. The molecule has 2 unspecified atom stereocenters. The molecule has 2 atom stereocenters. The van der Waals surface area contributed by atoms with Crippen LogP contribution < -0.4 is 0 Å². The number of nitrogens with zero attached hydrogens (tertiary/aromatic N) is 2. The van der Waals surface area contributed by atoms with Crippen LogP contribution in [0.3, 0.4) is 0 Å². The van der Waals surface area contributed by atoms with Gasteiger partial charge in [-0.3, -0.25) is 9.78 Å². The van der Waals surface area contributed by atoms with E-state index in [0.717, 1.165) is 73.5 Å². The van der Waals surface area contributed by atoms with Crippen LogP contribution in [0.1, 0.15) is 96.0 Å². The van der Waals surface area contributed by atoms with Crippen LogP contribution in [0.2, 0.25) is 0 Å². The monoisotopic (exact) mass is 590 g/mol. The quantitative estimate of drug-likeness (QED) is 0.226. The summed E-state index contributed by atoms with van der Waals surface area (Å²) in [6.45, 7) is 12.6. The Morgan fingerprint density at radius 2 is 1.60 bits per heavy atom. The topological polar surface area (TPSA) is 104 Å². The van der Waals surface area contributed by atoms with Gasteiger partial charge in [0.25, 0.3) is 0 Å². The summed E-state index contributed by atoms with van der Waals surface area (Å²) in [7, 11) is 1.43. The molecule has 2 aliphatic rings. The molecular weight excluding hydrogens is 554 g/mol. The fourth-order valence-electron chi connectivity index (χ4n) is 6.03. The van der Waals surface area contributed by atoms with E-state index in [1.165, 1.54) is 18.2 Å². The second kappa shape index (κ2) is 11.8. The van der Waals surface area contributed by atoms with Crippen LogP contribution in [0.15, 0.2) is 18.2 Å². The average Bonchev–Trinajstić information content (AvgIpc) is 3.61. The number of aromatic nitrogens is 4. The van der Waals surface area contributed by atoms with Gasteiger partial charge in [-0.15, -0.1) is 0 Å². The van der Waals surface area contributed by atoms with Gasteiger partial charge in [-0.1, -0.05) is 13.8 Å². The number of hydrogen-bond acceptors (Lipinski definition) is 5. The average molecular weight is 592 g/mol. The minimum Gasteiger partial charge on any atom is -0.469 e. The Labute approximate surface area is 248 Å². The molecule has 0 saturated carbocycles. The van der Waals surface area contributed by atoms with Crippen LogP contribution in [-0.2, 0) is 42.0 Å². The molecule has 0 aromatic carbocycles. The van der Waals surface area contributed by atoms with E-state index in [1.807, 2.05) is 6.92 Å². The molecule has 0 fully saturated rings. The maximum absolute atomic E-state index is 12.1. The predicted molar refractivity (Wildman–Crippen MR) is 156 cm³/mol. The van der Waals surface area contributed by atoms with E-state index < -0.39 is 0 Å². The minimum absolute atomic E-state index is 0. The number of H-pyrrole nitrogens is 2. The molecule has 0 saturated heterocycles. The largest absolute Gasteiger partial charge is 0.469 e. The van der Waals surface area contributed by atoms with E-state index >= 15 is 0 Å². The number of aliphatic hydroxyl groups is 1. The van der Waals surface area contributed by atoms with Gasteiger partial charge < -0.3 is 19.8 Å². The second-order valence-corrected chi connectivity index (χ2v) is 10.8. The number of fused-ring (bicyclic) bond motifs is 8. The van der Waals surface area contributed by atoms with Crippen molar-refractivity contribution in [3.05, 3.63) is 68.8 Å². The number of allylic oxidation sites excluding steroid dienone is 1. The van der Waals surface area contributed by atoms with Crippen LogP contribution in [0, 0.1) is 20.8 Å². The van der Waals surface area contributed by atoms with Gasteiger partial charge in [0.05, 0.1) is 25.1 Å². The zero-order chi connectivity index (χ0) is 28.0. The smallest absolute Gasteiger partial charge is 0.305 e. The Balaban J connectivity index is 0.00000370. The molecule has 0 amide bonds. The number of ether oxygens (including phenoxy) is 1. The Morgan fingerprint density at radius 3 is 2.25 bits per heavy atom.